The van der Waals surface area contributed by atoms with Gasteiger partial charge in [0.25, 0.3) is 0 Å². The third-order valence-electron chi connectivity index (χ3n) is 10.2. The van der Waals surface area contributed by atoms with Gasteiger partial charge < -0.3 is 19.5 Å². The summed E-state index contributed by atoms with van der Waals surface area (Å²) in [6, 6.07) is 0. The molecule has 298 valence electrons. The molecule has 0 aliphatic carbocycles. The summed E-state index contributed by atoms with van der Waals surface area (Å²) in [6.07, 6.45) is 36.9. The predicted octanol–water partition coefficient (Wildman–Crippen LogP) is 12.7. The molecule has 0 aromatic carbocycles. The first-order valence-corrected chi connectivity index (χ1v) is 22.2. The van der Waals surface area contributed by atoms with E-state index in [0.29, 0.717) is 12.8 Å². The molecule has 0 fully saturated rings. The van der Waals surface area contributed by atoms with Gasteiger partial charge in [0.15, 0.2) is 0 Å². The summed E-state index contributed by atoms with van der Waals surface area (Å²) in [6.45, 7) is 11.8. The largest absolute Gasteiger partial charge is 0.463 e. The summed E-state index contributed by atoms with van der Waals surface area (Å²) in [5.74, 6) is -0.0171. The average Bonchev–Trinajstić information content (AvgIpc) is 3.10. The fraction of sp³-hybridized carbons (Fsp3) is 0.955. The number of aliphatic hydroxyl groups is 1. The Morgan fingerprint density at radius 2 is 0.820 bits per heavy atom. The van der Waals surface area contributed by atoms with Crippen molar-refractivity contribution in [2.24, 2.45) is 0 Å². The lowest BCUT2D eigenvalue weighted by molar-refractivity contribution is -0.150. The molecule has 0 spiro atoms. The van der Waals surface area contributed by atoms with Crippen molar-refractivity contribution in [1.29, 1.82) is 0 Å². The summed E-state index contributed by atoms with van der Waals surface area (Å²) in [5.41, 5.74) is 0. The SMILES string of the molecule is CCCCCCCCC(=O)OC(C)CCCCCCN(CCO)CCCCCCCC(=O)OC(CCCCCCCC)CCCCCCCC. The van der Waals surface area contributed by atoms with E-state index in [1.807, 2.05) is 6.92 Å². The maximum atomic E-state index is 12.7. The molecule has 0 heterocycles. The molecule has 0 aromatic heterocycles. The van der Waals surface area contributed by atoms with E-state index in [4.69, 9.17) is 9.47 Å². The van der Waals surface area contributed by atoms with E-state index in [1.165, 1.54) is 116 Å². The molecule has 1 N–H and O–H groups in total. The quantitative estimate of drug-likeness (QED) is 0.0504. The minimum atomic E-state index is -0.0311. The number of unbranched alkanes of at least 4 members (excludes halogenated alkanes) is 22. The second kappa shape index (κ2) is 39.1. The summed E-state index contributed by atoms with van der Waals surface area (Å²) in [5, 5.41) is 9.56. The monoisotopic (exact) mass is 710 g/mol. The second-order valence-corrected chi connectivity index (χ2v) is 15.3. The van der Waals surface area contributed by atoms with E-state index >= 15 is 0 Å². The number of carbonyl (C=O) groups excluding carboxylic acids is 2. The minimum Gasteiger partial charge on any atom is -0.463 e. The number of hydrogen-bond donors (Lipinski definition) is 1. The summed E-state index contributed by atoms with van der Waals surface area (Å²) < 4.78 is 11.6. The van der Waals surface area contributed by atoms with Crippen LogP contribution in [-0.2, 0) is 19.1 Å². The van der Waals surface area contributed by atoms with Gasteiger partial charge in [-0.2, -0.15) is 0 Å². The Balaban J connectivity index is 4.02. The maximum absolute atomic E-state index is 12.7. The highest BCUT2D eigenvalue weighted by molar-refractivity contribution is 5.69. The second-order valence-electron chi connectivity index (χ2n) is 15.3. The molecular formula is C44H87NO5. The first kappa shape index (κ1) is 48.9. The highest BCUT2D eigenvalue weighted by atomic mass is 16.5. The number of aliphatic hydroxyl groups excluding tert-OH is 1. The van der Waals surface area contributed by atoms with Crippen molar-refractivity contribution in [3.05, 3.63) is 0 Å². The summed E-state index contributed by atoms with van der Waals surface area (Å²) in [4.78, 5) is 27.2. The van der Waals surface area contributed by atoms with Gasteiger partial charge in [-0.3, -0.25) is 9.59 Å². The van der Waals surface area contributed by atoms with E-state index in [0.717, 1.165) is 96.7 Å². The van der Waals surface area contributed by atoms with Crippen LogP contribution in [0.15, 0.2) is 0 Å². The molecule has 50 heavy (non-hydrogen) atoms. The van der Waals surface area contributed by atoms with Crippen LogP contribution in [0.1, 0.15) is 233 Å². The van der Waals surface area contributed by atoms with E-state index in [-0.39, 0.29) is 30.8 Å². The zero-order valence-electron chi connectivity index (χ0n) is 34.1. The first-order valence-electron chi connectivity index (χ1n) is 22.2. The van der Waals surface area contributed by atoms with Gasteiger partial charge in [0.05, 0.1) is 12.7 Å². The van der Waals surface area contributed by atoms with Crippen molar-refractivity contribution in [1.82, 2.24) is 4.90 Å². The lowest BCUT2D eigenvalue weighted by Crippen LogP contribution is -2.29. The van der Waals surface area contributed by atoms with Crippen LogP contribution in [0.5, 0.6) is 0 Å². The zero-order valence-corrected chi connectivity index (χ0v) is 34.1. The van der Waals surface area contributed by atoms with E-state index < -0.39 is 0 Å². The Kier molecular flexibility index (Phi) is 38.2. The van der Waals surface area contributed by atoms with Crippen molar-refractivity contribution >= 4 is 11.9 Å². The van der Waals surface area contributed by atoms with Crippen LogP contribution >= 0.6 is 0 Å². The van der Waals surface area contributed by atoms with Crippen molar-refractivity contribution in [3.8, 4) is 0 Å². The van der Waals surface area contributed by atoms with Crippen LogP contribution in [-0.4, -0.2) is 60.4 Å². The highest BCUT2D eigenvalue weighted by Crippen LogP contribution is 2.19. The third-order valence-corrected chi connectivity index (χ3v) is 10.2. The maximum Gasteiger partial charge on any atom is 0.306 e. The van der Waals surface area contributed by atoms with Crippen LogP contribution in [0, 0.1) is 0 Å². The Morgan fingerprint density at radius 1 is 0.460 bits per heavy atom. The van der Waals surface area contributed by atoms with Gasteiger partial charge in [0.1, 0.15) is 6.10 Å². The molecule has 0 amide bonds. The summed E-state index contributed by atoms with van der Waals surface area (Å²) in [7, 11) is 0. The fourth-order valence-electron chi connectivity index (χ4n) is 6.94. The van der Waals surface area contributed by atoms with Crippen molar-refractivity contribution in [3.63, 3.8) is 0 Å². The fourth-order valence-corrected chi connectivity index (χ4v) is 6.94. The molecule has 0 aromatic rings. The van der Waals surface area contributed by atoms with E-state index in [9.17, 15) is 14.7 Å². The van der Waals surface area contributed by atoms with Crippen molar-refractivity contribution in [2.75, 3.05) is 26.2 Å². The van der Waals surface area contributed by atoms with Crippen LogP contribution in [0.25, 0.3) is 0 Å². The first-order chi connectivity index (χ1) is 24.5. The predicted molar refractivity (Wildman–Crippen MR) is 214 cm³/mol. The summed E-state index contributed by atoms with van der Waals surface area (Å²) >= 11 is 0. The van der Waals surface area contributed by atoms with Crippen molar-refractivity contribution in [2.45, 2.75) is 245 Å². The molecule has 0 saturated heterocycles. The molecule has 0 rings (SSSR count). The number of rotatable bonds is 40. The van der Waals surface area contributed by atoms with E-state index in [1.54, 1.807) is 0 Å². The lowest BCUT2D eigenvalue weighted by Gasteiger charge is -2.21. The van der Waals surface area contributed by atoms with Gasteiger partial charge in [0, 0.05) is 19.4 Å². The highest BCUT2D eigenvalue weighted by Gasteiger charge is 2.14. The van der Waals surface area contributed by atoms with Crippen LogP contribution in [0.3, 0.4) is 0 Å². The van der Waals surface area contributed by atoms with Gasteiger partial charge in [-0.05, 0) is 84.2 Å². The molecule has 0 aliphatic heterocycles. The molecule has 0 saturated carbocycles. The smallest absolute Gasteiger partial charge is 0.306 e. The number of hydrogen-bond acceptors (Lipinski definition) is 6. The Hall–Kier alpha value is -1.14. The van der Waals surface area contributed by atoms with Crippen LogP contribution < -0.4 is 0 Å². The number of esters is 2. The molecule has 0 bridgehead atoms. The standard InChI is InChI=1S/C44H87NO5/c1-5-8-11-14-18-26-33-42(34-27-19-15-12-9-6-2)50-44(48)36-29-21-17-23-30-37-45(39-40-46)38-31-24-22-25-32-41(4)49-43(47)35-28-20-16-13-10-7-3/h41-42,46H,5-40H2,1-4H3. The Labute approximate surface area is 312 Å². The van der Waals surface area contributed by atoms with Gasteiger partial charge in [-0.15, -0.1) is 0 Å². The Morgan fingerprint density at radius 3 is 1.26 bits per heavy atom. The average molecular weight is 710 g/mol. The van der Waals surface area contributed by atoms with Crippen LogP contribution in [0.4, 0.5) is 0 Å². The zero-order chi connectivity index (χ0) is 36.8. The molecule has 6 nitrogen and oxygen atoms in total. The van der Waals surface area contributed by atoms with Gasteiger partial charge in [-0.1, -0.05) is 149 Å². The topological polar surface area (TPSA) is 76.1 Å². The molecular weight excluding hydrogens is 622 g/mol. The number of ether oxygens (including phenoxy) is 2. The third kappa shape index (κ3) is 35.3. The molecule has 1 unspecified atom stereocenters. The Bertz CT molecular complexity index is 701. The lowest BCUT2D eigenvalue weighted by atomic mass is 10.0. The number of carbonyl (C=O) groups is 2. The molecule has 0 radical (unpaired) electrons. The van der Waals surface area contributed by atoms with Crippen molar-refractivity contribution < 1.29 is 24.2 Å². The number of nitrogens with zero attached hydrogens (tertiary/aromatic N) is 1. The van der Waals surface area contributed by atoms with Crippen LogP contribution in [0.2, 0.25) is 0 Å². The minimum absolute atomic E-state index is 0.0139. The molecule has 1 atom stereocenters. The normalized spacial score (nSPS) is 12.2. The van der Waals surface area contributed by atoms with E-state index in [2.05, 4.69) is 25.7 Å². The molecule has 6 heteroatoms. The van der Waals surface area contributed by atoms with Gasteiger partial charge in [0.2, 0.25) is 0 Å². The molecule has 0 aliphatic rings. The van der Waals surface area contributed by atoms with Gasteiger partial charge in [-0.25, -0.2) is 0 Å². The van der Waals surface area contributed by atoms with Gasteiger partial charge >= 0.3 is 11.9 Å².